The molecule has 0 fully saturated rings. The molecular formula is C17H21N5O2. The van der Waals surface area contributed by atoms with Crippen LogP contribution < -0.4 is 5.56 Å². The lowest BCUT2D eigenvalue weighted by atomic mass is 10.0. The number of H-pyrrole nitrogens is 3. The molecule has 0 saturated carbocycles. The van der Waals surface area contributed by atoms with Gasteiger partial charge in [-0.25, -0.2) is 0 Å². The van der Waals surface area contributed by atoms with Gasteiger partial charge in [-0.15, -0.1) is 0 Å². The lowest BCUT2D eigenvalue weighted by molar-refractivity contribution is 0.288. The molecule has 126 valence electrons. The van der Waals surface area contributed by atoms with Crippen LogP contribution in [0.15, 0.2) is 23.4 Å². The minimum absolute atomic E-state index is 0.184. The second-order valence-electron chi connectivity index (χ2n) is 5.84. The molecule has 0 spiro atoms. The molecule has 0 saturated heterocycles. The highest BCUT2D eigenvalue weighted by molar-refractivity contribution is 5.60. The summed E-state index contributed by atoms with van der Waals surface area (Å²) in [6.07, 6.45) is 6.99. The van der Waals surface area contributed by atoms with Crippen molar-refractivity contribution in [2.75, 3.05) is 6.61 Å². The Morgan fingerprint density at radius 2 is 2.00 bits per heavy atom. The molecule has 0 unspecified atom stereocenters. The van der Waals surface area contributed by atoms with Crippen LogP contribution in [0.2, 0.25) is 0 Å². The highest BCUT2D eigenvalue weighted by Gasteiger charge is 2.16. The van der Waals surface area contributed by atoms with Crippen LogP contribution in [0.25, 0.3) is 11.3 Å². The molecule has 3 rings (SSSR count). The standard InChI is InChI=1S/C17H21N5O2/c1-10-12(4-3-7-23)11(2)21-14(10)8-15-16(19-6-5-18-15)13-9-20-22-17(13)24/h5-6,9,21,23H,3-4,7-8H2,1-2H3,(H2,20,22,24). The van der Waals surface area contributed by atoms with E-state index in [2.05, 4.69) is 32.1 Å². The molecule has 0 aliphatic rings. The summed E-state index contributed by atoms with van der Waals surface area (Å²) in [5, 5.41) is 14.3. The largest absolute Gasteiger partial charge is 0.396 e. The van der Waals surface area contributed by atoms with Gasteiger partial charge in [0.25, 0.3) is 5.56 Å². The monoisotopic (exact) mass is 327 g/mol. The number of hydrogen-bond acceptors (Lipinski definition) is 4. The van der Waals surface area contributed by atoms with E-state index in [1.54, 1.807) is 18.6 Å². The first kappa shape index (κ1) is 16.2. The summed E-state index contributed by atoms with van der Waals surface area (Å²) in [5.41, 5.74) is 6.21. The number of aliphatic hydroxyl groups excluding tert-OH is 1. The second-order valence-corrected chi connectivity index (χ2v) is 5.84. The molecular weight excluding hydrogens is 306 g/mol. The van der Waals surface area contributed by atoms with Crippen molar-refractivity contribution >= 4 is 0 Å². The summed E-state index contributed by atoms with van der Waals surface area (Å²) in [6.45, 7) is 4.30. The van der Waals surface area contributed by atoms with Crippen LogP contribution >= 0.6 is 0 Å². The molecule has 7 nitrogen and oxygen atoms in total. The smallest absolute Gasteiger partial charge is 0.273 e. The Hall–Kier alpha value is -2.67. The van der Waals surface area contributed by atoms with Gasteiger partial charge in [-0.2, -0.15) is 0 Å². The maximum Gasteiger partial charge on any atom is 0.273 e. The average molecular weight is 327 g/mol. The Balaban J connectivity index is 1.96. The van der Waals surface area contributed by atoms with E-state index in [1.165, 1.54) is 11.1 Å². The predicted octanol–water partition coefficient (Wildman–Crippen LogP) is 1.62. The first-order chi connectivity index (χ1) is 11.6. The van der Waals surface area contributed by atoms with Gasteiger partial charge in [-0.3, -0.25) is 19.9 Å². The minimum Gasteiger partial charge on any atom is -0.396 e. The van der Waals surface area contributed by atoms with Crippen LogP contribution in [-0.4, -0.2) is 36.9 Å². The van der Waals surface area contributed by atoms with Gasteiger partial charge < -0.3 is 15.2 Å². The number of aromatic amines is 3. The van der Waals surface area contributed by atoms with Gasteiger partial charge in [-0.05, 0) is 37.8 Å². The normalized spacial score (nSPS) is 11.1. The van der Waals surface area contributed by atoms with Crippen molar-refractivity contribution in [1.82, 2.24) is 25.1 Å². The minimum atomic E-state index is -0.209. The number of nitrogens with one attached hydrogen (secondary N) is 3. The molecule has 0 radical (unpaired) electrons. The highest BCUT2D eigenvalue weighted by Crippen LogP contribution is 2.24. The van der Waals surface area contributed by atoms with E-state index in [4.69, 9.17) is 5.11 Å². The number of aliphatic hydroxyl groups is 1. The highest BCUT2D eigenvalue weighted by atomic mass is 16.2. The van der Waals surface area contributed by atoms with Gasteiger partial charge in [0.1, 0.15) is 0 Å². The first-order valence-corrected chi connectivity index (χ1v) is 7.96. The van der Waals surface area contributed by atoms with Crippen molar-refractivity contribution in [3.05, 3.63) is 57.2 Å². The summed E-state index contributed by atoms with van der Waals surface area (Å²) >= 11 is 0. The van der Waals surface area contributed by atoms with E-state index in [0.717, 1.165) is 29.9 Å². The zero-order valence-corrected chi connectivity index (χ0v) is 13.8. The summed E-state index contributed by atoms with van der Waals surface area (Å²) < 4.78 is 0. The number of rotatable bonds is 6. The third-order valence-corrected chi connectivity index (χ3v) is 4.30. The third kappa shape index (κ3) is 3.03. The Morgan fingerprint density at radius 3 is 2.71 bits per heavy atom. The number of aromatic nitrogens is 5. The number of hydrogen-bond donors (Lipinski definition) is 4. The summed E-state index contributed by atoms with van der Waals surface area (Å²) in [7, 11) is 0. The molecule has 0 atom stereocenters. The van der Waals surface area contributed by atoms with E-state index >= 15 is 0 Å². The molecule has 0 aliphatic heterocycles. The quantitative estimate of drug-likeness (QED) is 0.551. The van der Waals surface area contributed by atoms with E-state index in [0.29, 0.717) is 17.7 Å². The van der Waals surface area contributed by atoms with Crippen molar-refractivity contribution in [2.45, 2.75) is 33.1 Å². The fourth-order valence-corrected chi connectivity index (χ4v) is 3.04. The van der Waals surface area contributed by atoms with Crippen LogP contribution in [-0.2, 0) is 12.8 Å². The molecule has 3 aromatic heterocycles. The average Bonchev–Trinajstić information content (AvgIpc) is 3.11. The Kier molecular flexibility index (Phi) is 4.61. The Bertz CT molecular complexity index is 891. The van der Waals surface area contributed by atoms with Crippen LogP contribution in [0.4, 0.5) is 0 Å². The van der Waals surface area contributed by atoms with Crippen molar-refractivity contribution in [1.29, 1.82) is 0 Å². The van der Waals surface area contributed by atoms with Crippen molar-refractivity contribution < 1.29 is 5.11 Å². The Morgan fingerprint density at radius 1 is 1.21 bits per heavy atom. The molecule has 7 heteroatoms. The van der Waals surface area contributed by atoms with Gasteiger partial charge in [0.2, 0.25) is 0 Å². The predicted molar refractivity (Wildman–Crippen MR) is 90.9 cm³/mol. The molecule has 0 aromatic carbocycles. The molecule has 0 bridgehead atoms. The maximum absolute atomic E-state index is 11.9. The third-order valence-electron chi connectivity index (χ3n) is 4.30. The fourth-order valence-electron chi connectivity index (χ4n) is 3.04. The van der Waals surface area contributed by atoms with E-state index in [9.17, 15) is 4.79 Å². The van der Waals surface area contributed by atoms with Crippen molar-refractivity contribution in [3.8, 4) is 11.3 Å². The topological polar surface area (TPSA) is 110 Å². The van der Waals surface area contributed by atoms with Gasteiger partial charge in [-0.1, -0.05) is 0 Å². The molecule has 3 heterocycles. The Labute approximate surface area is 139 Å². The molecule has 0 aliphatic carbocycles. The van der Waals surface area contributed by atoms with E-state index in [1.807, 2.05) is 6.92 Å². The summed E-state index contributed by atoms with van der Waals surface area (Å²) in [6, 6.07) is 0. The number of aryl methyl sites for hydroxylation is 1. The van der Waals surface area contributed by atoms with Crippen molar-refractivity contribution in [3.63, 3.8) is 0 Å². The lowest BCUT2D eigenvalue weighted by Gasteiger charge is -2.06. The zero-order chi connectivity index (χ0) is 17.1. The molecule has 4 N–H and O–H groups in total. The van der Waals surface area contributed by atoms with Gasteiger partial charge in [0, 0.05) is 43.0 Å². The van der Waals surface area contributed by atoms with Crippen LogP contribution in [0.1, 0.15) is 34.6 Å². The van der Waals surface area contributed by atoms with Crippen LogP contribution in [0.3, 0.4) is 0 Å². The summed E-state index contributed by atoms with van der Waals surface area (Å²) in [4.78, 5) is 24.1. The van der Waals surface area contributed by atoms with E-state index in [-0.39, 0.29) is 12.2 Å². The van der Waals surface area contributed by atoms with Crippen LogP contribution in [0, 0.1) is 13.8 Å². The zero-order valence-electron chi connectivity index (χ0n) is 13.8. The first-order valence-electron chi connectivity index (χ1n) is 7.96. The maximum atomic E-state index is 11.9. The molecule has 0 amide bonds. The SMILES string of the molecule is Cc1[nH]c(Cc2nccnc2-c2c[nH][nH]c2=O)c(C)c1CCCO. The van der Waals surface area contributed by atoms with E-state index < -0.39 is 0 Å². The van der Waals surface area contributed by atoms with Crippen molar-refractivity contribution in [2.24, 2.45) is 0 Å². The number of nitrogens with zero attached hydrogens (tertiary/aromatic N) is 2. The lowest BCUT2D eigenvalue weighted by Crippen LogP contribution is -2.06. The second kappa shape index (κ2) is 6.84. The fraction of sp³-hybridized carbons (Fsp3) is 0.353. The molecule has 3 aromatic rings. The molecule has 24 heavy (non-hydrogen) atoms. The van der Waals surface area contributed by atoms with Gasteiger partial charge in [0.15, 0.2) is 0 Å². The van der Waals surface area contributed by atoms with Gasteiger partial charge in [0.05, 0.1) is 17.0 Å². The van der Waals surface area contributed by atoms with Crippen LogP contribution in [0.5, 0.6) is 0 Å². The summed E-state index contributed by atoms with van der Waals surface area (Å²) in [5.74, 6) is 0. The van der Waals surface area contributed by atoms with Gasteiger partial charge >= 0.3 is 0 Å².